The molecular weight excluding hydrogens is 385 g/mol. The average Bonchev–Trinajstić information content (AvgIpc) is 3.13. The van der Waals surface area contributed by atoms with Crippen molar-refractivity contribution in [2.45, 2.75) is 6.54 Å². The van der Waals surface area contributed by atoms with Crippen LogP contribution in [0.3, 0.4) is 0 Å². The summed E-state index contributed by atoms with van der Waals surface area (Å²) in [4.78, 5) is 9.01. The van der Waals surface area contributed by atoms with E-state index in [0.29, 0.717) is 39.5 Å². The van der Waals surface area contributed by atoms with Crippen molar-refractivity contribution in [1.29, 1.82) is 0 Å². The Bertz CT molecular complexity index is 1100. The molecule has 0 unspecified atom stereocenters. The smallest absolute Gasteiger partial charge is 0.245 e. The minimum Gasteiger partial charge on any atom is -0.479 e. The van der Waals surface area contributed by atoms with Crippen LogP contribution in [-0.4, -0.2) is 26.9 Å². The van der Waals surface area contributed by atoms with Crippen molar-refractivity contribution in [2.75, 3.05) is 12.4 Å². The van der Waals surface area contributed by atoms with Gasteiger partial charge in [-0.3, -0.25) is 0 Å². The normalized spacial score (nSPS) is 10.9. The molecule has 0 aliphatic rings. The molecule has 0 saturated carbocycles. The molecule has 136 valence electrons. The number of aromatic nitrogens is 4. The summed E-state index contributed by atoms with van der Waals surface area (Å²) in [5, 5.41) is 8.64. The summed E-state index contributed by atoms with van der Waals surface area (Å²) < 4.78 is 7.25. The van der Waals surface area contributed by atoms with Crippen LogP contribution in [0.15, 0.2) is 54.7 Å². The van der Waals surface area contributed by atoms with Gasteiger partial charge in [0.15, 0.2) is 5.52 Å². The first-order valence-corrected chi connectivity index (χ1v) is 8.94. The maximum Gasteiger partial charge on any atom is 0.245 e. The van der Waals surface area contributed by atoms with E-state index in [-0.39, 0.29) is 0 Å². The monoisotopic (exact) mass is 399 g/mol. The molecule has 0 amide bonds. The molecule has 0 atom stereocenters. The van der Waals surface area contributed by atoms with Crippen LogP contribution in [-0.2, 0) is 6.54 Å². The lowest BCUT2D eigenvalue weighted by molar-refractivity contribution is 0.401. The van der Waals surface area contributed by atoms with Gasteiger partial charge in [-0.15, -0.1) is 0 Å². The van der Waals surface area contributed by atoms with E-state index in [1.165, 1.54) is 0 Å². The van der Waals surface area contributed by atoms with Gasteiger partial charge in [0.05, 0.1) is 29.0 Å². The summed E-state index contributed by atoms with van der Waals surface area (Å²) >= 11 is 12.0. The van der Waals surface area contributed by atoms with Gasteiger partial charge in [-0.25, -0.2) is 9.67 Å². The number of methoxy groups -OCH3 is 1. The second-order valence-electron chi connectivity index (χ2n) is 5.78. The number of benzene rings is 2. The van der Waals surface area contributed by atoms with Gasteiger partial charge in [0.1, 0.15) is 5.52 Å². The van der Waals surface area contributed by atoms with Crippen LogP contribution in [0, 0.1) is 0 Å². The number of nitrogens with one attached hydrogen (secondary N) is 1. The van der Waals surface area contributed by atoms with Gasteiger partial charge in [-0.1, -0.05) is 47.5 Å². The number of hydrogen-bond donors (Lipinski definition) is 1. The molecule has 6 nitrogen and oxygen atoms in total. The third-order valence-electron chi connectivity index (χ3n) is 4.02. The Morgan fingerprint density at radius 2 is 1.85 bits per heavy atom. The van der Waals surface area contributed by atoms with E-state index in [9.17, 15) is 0 Å². The molecule has 1 N–H and O–H groups in total. The largest absolute Gasteiger partial charge is 0.479 e. The molecule has 2 aromatic heterocycles. The van der Waals surface area contributed by atoms with Crippen molar-refractivity contribution in [3.8, 4) is 11.6 Å². The summed E-state index contributed by atoms with van der Waals surface area (Å²) in [6.07, 6.45) is 1.69. The van der Waals surface area contributed by atoms with E-state index < -0.39 is 0 Å². The number of para-hydroxylation sites is 1. The van der Waals surface area contributed by atoms with Gasteiger partial charge in [0, 0.05) is 6.54 Å². The second-order valence-corrected chi connectivity index (χ2v) is 6.60. The molecule has 0 spiro atoms. The molecule has 0 fully saturated rings. The van der Waals surface area contributed by atoms with Gasteiger partial charge < -0.3 is 10.1 Å². The number of anilines is 1. The van der Waals surface area contributed by atoms with Crippen molar-refractivity contribution in [3.05, 3.63) is 70.3 Å². The van der Waals surface area contributed by atoms with Crippen LogP contribution in [0.4, 0.5) is 5.95 Å². The Morgan fingerprint density at radius 1 is 1.04 bits per heavy atom. The lowest BCUT2D eigenvalue weighted by Gasteiger charge is -2.10. The first-order valence-electron chi connectivity index (χ1n) is 8.18. The van der Waals surface area contributed by atoms with Crippen LogP contribution in [0.25, 0.3) is 16.7 Å². The maximum absolute atomic E-state index is 6.06. The zero-order valence-electron chi connectivity index (χ0n) is 14.4. The number of hydrogen-bond acceptors (Lipinski definition) is 5. The number of rotatable bonds is 5. The van der Waals surface area contributed by atoms with E-state index in [4.69, 9.17) is 27.9 Å². The third-order valence-corrected chi connectivity index (χ3v) is 4.75. The summed E-state index contributed by atoms with van der Waals surface area (Å²) in [7, 11) is 1.58. The molecule has 2 heterocycles. The van der Waals surface area contributed by atoms with Crippen molar-refractivity contribution in [2.24, 2.45) is 0 Å². The number of halogens is 2. The summed E-state index contributed by atoms with van der Waals surface area (Å²) in [5.41, 5.74) is 3.27. The Labute approximate surface area is 165 Å². The molecule has 4 rings (SSSR count). The van der Waals surface area contributed by atoms with Crippen LogP contribution in [0.5, 0.6) is 5.88 Å². The minimum absolute atomic E-state index is 0.443. The second kappa shape index (κ2) is 7.42. The highest BCUT2D eigenvalue weighted by Crippen LogP contribution is 2.27. The van der Waals surface area contributed by atoms with Crippen LogP contribution in [0.2, 0.25) is 10.0 Å². The Balaban J connectivity index is 1.66. The van der Waals surface area contributed by atoms with Crippen molar-refractivity contribution in [3.63, 3.8) is 0 Å². The molecule has 0 bridgehead atoms. The van der Waals surface area contributed by atoms with Crippen LogP contribution < -0.4 is 10.1 Å². The van der Waals surface area contributed by atoms with Crippen molar-refractivity contribution in [1.82, 2.24) is 19.7 Å². The van der Waals surface area contributed by atoms with Gasteiger partial charge >= 0.3 is 0 Å². The quantitative estimate of drug-likeness (QED) is 0.524. The van der Waals surface area contributed by atoms with Crippen molar-refractivity contribution < 1.29 is 4.74 Å². The summed E-state index contributed by atoms with van der Waals surface area (Å²) in [6, 6.07) is 15.2. The molecule has 0 aliphatic carbocycles. The van der Waals surface area contributed by atoms with E-state index in [2.05, 4.69) is 20.4 Å². The number of nitrogens with zero attached hydrogens (tertiary/aromatic N) is 4. The Kier molecular flexibility index (Phi) is 4.83. The van der Waals surface area contributed by atoms with E-state index in [1.807, 2.05) is 36.4 Å². The Morgan fingerprint density at radius 3 is 2.59 bits per heavy atom. The van der Waals surface area contributed by atoms with E-state index >= 15 is 0 Å². The summed E-state index contributed by atoms with van der Waals surface area (Å²) in [6.45, 7) is 0.498. The predicted molar refractivity (Wildman–Crippen MR) is 107 cm³/mol. The lowest BCUT2D eigenvalue weighted by atomic mass is 10.2. The standard InChI is InChI=1S/C19H15Cl2N5O/c1-27-18-17-16(11-23-26(17)13-5-3-2-4-6-13)24-19(25-18)22-10-12-7-8-14(20)15(21)9-12/h2-9,11H,10H2,1H3,(H,22,24,25). The average molecular weight is 400 g/mol. The zero-order chi connectivity index (χ0) is 18.8. The fourth-order valence-corrected chi connectivity index (χ4v) is 3.05. The SMILES string of the molecule is COc1nc(NCc2ccc(Cl)c(Cl)c2)nc2cnn(-c3ccccc3)c12. The zero-order valence-corrected chi connectivity index (χ0v) is 15.9. The molecule has 2 aromatic carbocycles. The first kappa shape index (κ1) is 17.6. The van der Waals surface area contributed by atoms with Gasteiger partial charge in [-0.2, -0.15) is 10.1 Å². The molecule has 0 aliphatic heterocycles. The highest BCUT2D eigenvalue weighted by Gasteiger charge is 2.15. The van der Waals surface area contributed by atoms with Crippen LogP contribution in [0.1, 0.15) is 5.56 Å². The van der Waals surface area contributed by atoms with Gasteiger partial charge in [0.2, 0.25) is 11.8 Å². The number of ether oxygens (including phenoxy) is 1. The third kappa shape index (κ3) is 3.54. The maximum atomic E-state index is 6.06. The van der Waals surface area contributed by atoms with E-state index in [1.54, 1.807) is 30.1 Å². The minimum atomic E-state index is 0.443. The lowest BCUT2D eigenvalue weighted by Crippen LogP contribution is -2.06. The van der Waals surface area contributed by atoms with Gasteiger partial charge in [-0.05, 0) is 29.8 Å². The number of fused-ring (bicyclic) bond motifs is 1. The van der Waals surface area contributed by atoms with Crippen LogP contribution >= 0.6 is 23.2 Å². The molecule has 4 aromatic rings. The molecule has 0 saturated heterocycles. The summed E-state index contributed by atoms with van der Waals surface area (Å²) in [5.74, 6) is 0.885. The predicted octanol–water partition coefficient (Wildman–Crippen LogP) is 4.74. The first-order chi connectivity index (χ1) is 13.2. The van der Waals surface area contributed by atoms with E-state index in [0.717, 1.165) is 11.3 Å². The Hall–Kier alpha value is -2.83. The highest BCUT2D eigenvalue weighted by molar-refractivity contribution is 6.42. The fraction of sp³-hybridized carbons (Fsp3) is 0.105. The highest BCUT2D eigenvalue weighted by atomic mass is 35.5. The van der Waals surface area contributed by atoms with Crippen molar-refractivity contribution >= 4 is 40.2 Å². The molecule has 27 heavy (non-hydrogen) atoms. The topological polar surface area (TPSA) is 64.9 Å². The fourth-order valence-electron chi connectivity index (χ4n) is 2.73. The molecule has 0 radical (unpaired) electrons. The molecular formula is C19H15Cl2N5O. The van der Waals surface area contributed by atoms with Gasteiger partial charge in [0.25, 0.3) is 0 Å². The molecule has 8 heteroatoms.